The van der Waals surface area contributed by atoms with E-state index in [1.807, 2.05) is 0 Å². The predicted molar refractivity (Wildman–Crippen MR) is 85.5 cm³/mol. The Labute approximate surface area is 141 Å². The Morgan fingerprint density at radius 1 is 1.12 bits per heavy atom. The van der Waals surface area contributed by atoms with Crippen LogP contribution in [-0.2, 0) is 6.18 Å². The quantitative estimate of drug-likeness (QED) is 0.784. The molecule has 25 heavy (non-hydrogen) atoms. The van der Waals surface area contributed by atoms with Crippen molar-refractivity contribution < 1.29 is 18.0 Å². The predicted octanol–water partition coefficient (Wildman–Crippen LogP) is 3.85. The largest absolute Gasteiger partial charge is 0.416 e. The smallest absolute Gasteiger partial charge is 0.305 e. The average Bonchev–Trinajstić information content (AvgIpc) is 2.95. The van der Waals surface area contributed by atoms with Gasteiger partial charge in [-0.3, -0.25) is 9.78 Å². The number of hydrogen-bond donors (Lipinski definition) is 1. The molecule has 0 bridgehead atoms. The van der Waals surface area contributed by atoms with Crippen LogP contribution in [0.25, 0.3) is 5.69 Å². The molecule has 0 saturated carbocycles. The van der Waals surface area contributed by atoms with Crippen molar-refractivity contribution in [2.45, 2.75) is 13.1 Å². The maximum Gasteiger partial charge on any atom is 0.416 e. The van der Waals surface area contributed by atoms with Crippen LogP contribution in [0.15, 0.2) is 54.7 Å². The van der Waals surface area contributed by atoms with E-state index in [-0.39, 0.29) is 17.2 Å². The van der Waals surface area contributed by atoms with Gasteiger partial charge in [0.15, 0.2) is 0 Å². The highest BCUT2D eigenvalue weighted by atomic mass is 19.4. The van der Waals surface area contributed by atoms with Crippen LogP contribution in [0.1, 0.15) is 21.7 Å². The van der Waals surface area contributed by atoms with Crippen LogP contribution in [0.2, 0.25) is 0 Å². The number of benzene rings is 1. The number of hydrogen-bond acceptors (Lipinski definition) is 3. The van der Waals surface area contributed by atoms with Gasteiger partial charge in [0.25, 0.3) is 5.91 Å². The molecule has 0 unspecified atom stereocenters. The fraction of sp³-hybridized carbons (Fsp3) is 0.118. The van der Waals surface area contributed by atoms with Gasteiger partial charge in [0.1, 0.15) is 11.5 Å². The first-order valence-electron chi connectivity index (χ1n) is 7.31. The third-order valence-corrected chi connectivity index (χ3v) is 3.39. The standard InChI is InChI=1S/C17H13F3N4O/c1-11-9-15(22-16(25)14-7-2-3-8-21-14)24(23-11)13-6-4-5-12(10-13)17(18,19)20/h2-10H,1H3,(H,22,25). The molecule has 2 heterocycles. The molecule has 0 aliphatic carbocycles. The number of anilines is 1. The molecule has 0 aliphatic rings. The molecular formula is C17H13F3N4O. The minimum Gasteiger partial charge on any atom is -0.305 e. The highest BCUT2D eigenvalue weighted by Gasteiger charge is 2.30. The number of carbonyl (C=O) groups is 1. The fourth-order valence-corrected chi connectivity index (χ4v) is 2.28. The van der Waals surface area contributed by atoms with E-state index in [1.54, 1.807) is 25.1 Å². The number of pyridine rings is 1. The molecule has 1 aromatic carbocycles. The maximum absolute atomic E-state index is 12.9. The second-order valence-corrected chi connectivity index (χ2v) is 5.30. The van der Waals surface area contributed by atoms with E-state index < -0.39 is 17.6 Å². The molecule has 0 fully saturated rings. The Balaban J connectivity index is 1.96. The van der Waals surface area contributed by atoms with Crippen LogP contribution < -0.4 is 5.32 Å². The number of halogens is 3. The van der Waals surface area contributed by atoms with Crippen LogP contribution in [0.4, 0.5) is 19.0 Å². The van der Waals surface area contributed by atoms with Crippen molar-refractivity contribution in [1.29, 1.82) is 0 Å². The molecule has 3 rings (SSSR count). The summed E-state index contributed by atoms with van der Waals surface area (Å²) in [4.78, 5) is 16.2. The van der Waals surface area contributed by atoms with E-state index in [1.165, 1.54) is 29.1 Å². The van der Waals surface area contributed by atoms with Crippen LogP contribution in [0.5, 0.6) is 0 Å². The topological polar surface area (TPSA) is 59.8 Å². The molecule has 0 spiro atoms. The van der Waals surface area contributed by atoms with Gasteiger partial charge in [0.05, 0.1) is 16.9 Å². The van der Waals surface area contributed by atoms with Crippen molar-refractivity contribution in [2.75, 3.05) is 5.32 Å². The first-order chi connectivity index (χ1) is 11.8. The van der Waals surface area contributed by atoms with Gasteiger partial charge in [-0.1, -0.05) is 12.1 Å². The SMILES string of the molecule is Cc1cc(NC(=O)c2ccccn2)n(-c2cccc(C(F)(F)F)c2)n1. The van der Waals surface area contributed by atoms with Crippen LogP contribution in [0, 0.1) is 6.92 Å². The van der Waals surface area contributed by atoms with Gasteiger partial charge in [-0.15, -0.1) is 0 Å². The first kappa shape index (κ1) is 16.7. The molecule has 0 atom stereocenters. The van der Waals surface area contributed by atoms with Crippen LogP contribution >= 0.6 is 0 Å². The zero-order valence-corrected chi connectivity index (χ0v) is 13.1. The molecule has 2 aromatic heterocycles. The molecule has 3 aromatic rings. The summed E-state index contributed by atoms with van der Waals surface area (Å²) in [5.74, 6) is -0.221. The lowest BCUT2D eigenvalue weighted by Gasteiger charge is -2.11. The molecule has 0 radical (unpaired) electrons. The molecule has 1 N–H and O–H groups in total. The number of carbonyl (C=O) groups excluding carboxylic acids is 1. The number of nitrogens with one attached hydrogen (secondary N) is 1. The summed E-state index contributed by atoms with van der Waals surface area (Å²) in [6.07, 6.45) is -2.99. The van der Waals surface area contributed by atoms with Gasteiger partial charge in [-0.05, 0) is 37.3 Å². The highest BCUT2D eigenvalue weighted by Crippen LogP contribution is 2.31. The Morgan fingerprint density at radius 2 is 1.92 bits per heavy atom. The second kappa shape index (κ2) is 6.39. The summed E-state index contributed by atoms with van der Waals surface area (Å²) in [7, 11) is 0. The number of alkyl halides is 3. The molecule has 128 valence electrons. The molecule has 0 aliphatic heterocycles. The van der Waals surface area contributed by atoms with Gasteiger partial charge in [-0.2, -0.15) is 18.3 Å². The lowest BCUT2D eigenvalue weighted by molar-refractivity contribution is -0.137. The third kappa shape index (κ3) is 3.68. The maximum atomic E-state index is 12.9. The van der Waals surface area contributed by atoms with Gasteiger partial charge in [-0.25, -0.2) is 4.68 Å². The summed E-state index contributed by atoms with van der Waals surface area (Å²) >= 11 is 0. The Morgan fingerprint density at radius 3 is 2.60 bits per heavy atom. The number of amides is 1. The molecule has 8 heteroatoms. The number of nitrogens with zero attached hydrogens (tertiary/aromatic N) is 3. The minimum atomic E-state index is -4.46. The fourth-order valence-electron chi connectivity index (χ4n) is 2.28. The van der Waals surface area contributed by atoms with Gasteiger partial charge in [0, 0.05) is 12.3 Å². The van der Waals surface area contributed by atoms with Crippen molar-refractivity contribution in [2.24, 2.45) is 0 Å². The Bertz CT molecular complexity index is 904. The summed E-state index contributed by atoms with van der Waals surface area (Å²) in [5, 5.41) is 6.79. The van der Waals surface area contributed by atoms with E-state index in [9.17, 15) is 18.0 Å². The molecule has 5 nitrogen and oxygen atoms in total. The van der Waals surface area contributed by atoms with E-state index >= 15 is 0 Å². The highest BCUT2D eigenvalue weighted by molar-refractivity contribution is 6.02. The van der Waals surface area contributed by atoms with Crippen molar-refractivity contribution in [3.8, 4) is 5.69 Å². The van der Waals surface area contributed by atoms with Crippen LogP contribution in [-0.4, -0.2) is 20.7 Å². The lowest BCUT2D eigenvalue weighted by atomic mass is 10.2. The normalized spacial score (nSPS) is 11.4. The summed E-state index contributed by atoms with van der Waals surface area (Å²) < 4.78 is 40.0. The van der Waals surface area contributed by atoms with Crippen molar-refractivity contribution >= 4 is 11.7 Å². The minimum absolute atomic E-state index is 0.192. The monoisotopic (exact) mass is 346 g/mol. The summed E-state index contributed by atoms with van der Waals surface area (Å²) in [6.45, 7) is 1.68. The molecular weight excluding hydrogens is 333 g/mol. The molecule has 0 saturated heterocycles. The third-order valence-electron chi connectivity index (χ3n) is 3.39. The zero-order chi connectivity index (χ0) is 18.0. The lowest BCUT2D eigenvalue weighted by Crippen LogP contribution is -2.16. The van der Waals surface area contributed by atoms with Gasteiger partial charge in [0.2, 0.25) is 0 Å². The van der Waals surface area contributed by atoms with Gasteiger partial charge >= 0.3 is 6.18 Å². The number of aromatic nitrogens is 3. The van der Waals surface area contributed by atoms with E-state index in [0.717, 1.165) is 12.1 Å². The Hall–Kier alpha value is -3.16. The van der Waals surface area contributed by atoms with Crippen molar-refractivity contribution in [3.63, 3.8) is 0 Å². The molecule has 1 amide bonds. The average molecular weight is 346 g/mol. The van der Waals surface area contributed by atoms with Crippen LogP contribution in [0.3, 0.4) is 0 Å². The van der Waals surface area contributed by atoms with Crippen molar-refractivity contribution in [3.05, 3.63) is 71.7 Å². The number of rotatable bonds is 3. The van der Waals surface area contributed by atoms with Gasteiger partial charge < -0.3 is 5.32 Å². The number of aryl methyl sites for hydroxylation is 1. The van der Waals surface area contributed by atoms with Crippen molar-refractivity contribution in [1.82, 2.24) is 14.8 Å². The Kier molecular flexibility index (Phi) is 4.26. The second-order valence-electron chi connectivity index (χ2n) is 5.30. The van der Waals surface area contributed by atoms with E-state index in [2.05, 4.69) is 15.4 Å². The summed E-state index contributed by atoms with van der Waals surface area (Å²) in [6, 6.07) is 11.2. The van der Waals surface area contributed by atoms with E-state index in [0.29, 0.717) is 5.69 Å². The first-order valence-corrected chi connectivity index (χ1v) is 7.31. The zero-order valence-electron chi connectivity index (χ0n) is 13.1. The van der Waals surface area contributed by atoms with E-state index in [4.69, 9.17) is 0 Å². The summed E-state index contributed by atoms with van der Waals surface area (Å²) in [5.41, 5.74) is 0.144.